The fourth-order valence-corrected chi connectivity index (χ4v) is 2.82. The van der Waals surface area contributed by atoms with Crippen LogP contribution >= 0.6 is 40.7 Å². The molecule has 0 unspecified atom stereocenters. The van der Waals surface area contributed by atoms with Gasteiger partial charge < -0.3 is 5.32 Å². The lowest BCUT2D eigenvalue weighted by molar-refractivity contribution is -0.149. The van der Waals surface area contributed by atoms with Gasteiger partial charge in [-0.25, -0.2) is 8.78 Å². The Kier molecular flexibility index (Phi) is 9.30. The smallest absolute Gasteiger partial charge is 0.314 e. The van der Waals surface area contributed by atoms with E-state index in [0.717, 1.165) is 12.1 Å². The van der Waals surface area contributed by atoms with Crippen LogP contribution in [0.5, 0.6) is 0 Å². The molecular formula is C13H16BrCl2F5N2. The van der Waals surface area contributed by atoms with E-state index >= 15 is 0 Å². The summed E-state index contributed by atoms with van der Waals surface area (Å²) in [6.45, 7) is 1.61. The summed E-state index contributed by atoms with van der Waals surface area (Å²) in [7, 11) is 0. The highest BCUT2D eigenvalue weighted by Gasteiger charge is 2.38. The van der Waals surface area contributed by atoms with Crippen LogP contribution in [0.15, 0.2) is 16.6 Å². The van der Waals surface area contributed by atoms with Crippen molar-refractivity contribution in [1.29, 1.82) is 0 Å². The Balaban J connectivity index is 0.00000242. The van der Waals surface area contributed by atoms with Crippen molar-refractivity contribution in [2.75, 3.05) is 26.2 Å². The highest BCUT2D eigenvalue weighted by atomic mass is 79.9. The van der Waals surface area contributed by atoms with E-state index in [-0.39, 0.29) is 29.3 Å². The maximum absolute atomic E-state index is 14.1. The van der Waals surface area contributed by atoms with E-state index in [1.807, 2.05) is 0 Å². The average molecular weight is 446 g/mol. The topological polar surface area (TPSA) is 15.3 Å². The third kappa shape index (κ3) is 6.01. The van der Waals surface area contributed by atoms with Crippen molar-refractivity contribution in [1.82, 2.24) is 10.2 Å². The molecule has 0 bridgehead atoms. The third-order valence-corrected chi connectivity index (χ3v) is 4.04. The molecule has 1 atom stereocenters. The highest BCUT2D eigenvalue weighted by molar-refractivity contribution is 9.10. The van der Waals surface area contributed by atoms with Crippen LogP contribution in [0.4, 0.5) is 22.0 Å². The van der Waals surface area contributed by atoms with Gasteiger partial charge in [0, 0.05) is 37.8 Å². The van der Waals surface area contributed by atoms with Crippen molar-refractivity contribution < 1.29 is 22.0 Å². The second-order valence-corrected chi connectivity index (χ2v) is 5.73. The van der Waals surface area contributed by atoms with Gasteiger partial charge in [0.25, 0.3) is 0 Å². The molecule has 2 nitrogen and oxygen atoms in total. The largest absolute Gasteiger partial charge is 0.390 e. The van der Waals surface area contributed by atoms with Crippen LogP contribution in [0.1, 0.15) is 18.0 Å². The van der Waals surface area contributed by atoms with Gasteiger partial charge in [-0.1, -0.05) is 0 Å². The summed E-state index contributed by atoms with van der Waals surface area (Å²) < 4.78 is 66.5. The molecule has 1 aliphatic rings. The van der Waals surface area contributed by atoms with Crippen molar-refractivity contribution in [2.24, 2.45) is 0 Å². The van der Waals surface area contributed by atoms with E-state index in [1.54, 1.807) is 0 Å². The second-order valence-electron chi connectivity index (χ2n) is 4.88. The minimum atomic E-state index is -4.50. The van der Waals surface area contributed by atoms with Crippen LogP contribution < -0.4 is 5.32 Å². The molecule has 1 N–H and O–H groups in total. The van der Waals surface area contributed by atoms with Gasteiger partial charge in [0.05, 0.1) is 10.9 Å². The van der Waals surface area contributed by atoms with Crippen molar-refractivity contribution in [3.05, 3.63) is 33.8 Å². The number of nitrogens with zero attached hydrogens (tertiary/aromatic N) is 1. The zero-order valence-corrected chi connectivity index (χ0v) is 15.0. The van der Waals surface area contributed by atoms with Crippen molar-refractivity contribution in [2.45, 2.75) is 18.6 Å². The Labute approximate surface area is 151 Å². The Hall–Kier alpha value is -0.150. The van der Waals surface area contributed by atoms with Crippen LogP contribution in [-0.2, 0) is 0 Å². The first kappa shape index (κ1) is 22.9. The molecule has 0 amide bonds. The number of halogens is 8. The maximum atomic E-state index is 14.1. The minimum Gasteiger partial charge on any atom is -0.314 e. The fraction of sp³-hybridized carbons (Fsp3) is 0.538. The summed E-state index contributed by atoms with van der Waals surface area (Å²) >= 11 is 2.90. The first-order chi connectivity index (χ1) is 9.79. The van der Waals surface area contributed by atoms with Gasteiger partial charge in [-0.15, -0.1) is 24.8 Å². The van der Waals surface area contributed by atoms with Gasteiger partial charge in [-0.3, -0.25) is 4.90 Å². The van der Waals surface area contributed by atoms with Crippen LogP contribution in [0.25, 0.3) is 0 Å². The van der Waals surface area contributed by atoms with Gasteiger partial charge in [0.1, 0.15) is 11.6 Å². The number of alkyl halides is 3. The van der Waals surface area contributed by atoms with Gasteiger partial charge in [-0.2, -0.15) is 13.2 Å². The lowest BCUT2D eigenvalue weighted by atomic mass is 9.99. The summed E-state index contributed by atoms with van der Waals surface area (Å²) in [6.07, 6.45) is -5.78. The van der Waals surface area contributed by atoms with Crippen molar-refractivity contribution >= 4 is 40.7 Å². The van der Waals surface area contributed by atoms with E-state index in [4.69, 9.17) is 0 Å². The molecular weight excluding hydrogens is 430 g/mol. The third-order valence-electron chi connectivity index (χ3n) is 3.43. The predicted molar refractivity (Wildman–Crippen MR) is 86.4 cm³/mol. The molecule has 0 radical (unpaired) electrons. The molecule has 0 aliphatic carbocycles. The average Bonchev–Trinajstić information content (AvgIpc) is 2.42. The first-order valence-corrected chi connectivity index (χ1v) is 7.24. The minimum absolute atomic E-state index is 0. The molecule has 1 aromatic rings. The summed E-state index contributed by atoms with van der Waals surface area (Å²) in [4.78, 5) is 1.47. The summed E-state index contributed by atoms with van der Waals surface area (Å²) in [5, 5.41) is 3.00. The lowest BCUT2D eigenvalue weighted by Crippen LogP contribution is -2.46. The van der Waals surface area contributed by atoms with Gasteiger partial charge >= 0.3 is 6.18 Å². The molecule has 134 valence electrons. The number of hydrogen-bond donors (Lipinski definition) is 1. The maximum Gasteiger partial charge on any atom is 0.390 e. The van der Waals surface area contributed by atoms with Crippen LogP contribution in [0.2, 0.25) is 0 Å². The second kappa shape index (κ2) is 9.36. The number of hydrogen-bond acceptors (Lipinski definition) is 2. The monoisotopic (exact) mass is 444 g/mol. The Morgan fingerprint density at radius 2 is 1.70 bits per heavy atom. The van der Waals surface area contributed by atoms with Crippen molar-refractivity contribution in [3.63, 3.8) is 0 Å². The summed E-state index contributed by atoms with van der Waals surface area (Å²) in [5.74, 6) is -1.92. The molecule has 23 heavy (non-hydrogen) atoms. The van der Waals surface area contributed by atoms with Crippen LogP contribution in [-0.4, -0.2) is 37.3 Å². The normalized spacial score (nSPS) is 17.1. The zero-order chi connectivity index (χ0) is 15.6. The Morgan fingerprint density at radius 1 is 1.13 bits per heavy atom. The SMILES string of the molecule is Cl.Cl.Fc1ccc(Br)c(F)c1[C@H](CC(F)(F)F)N1CCNCC1. The molecule has 1 aliphatic heterocycles. The van der Waals surface area contributed by atoms with E-state index in [2.05, 4.69) is 21.2 Å². The fourth-order valence-electron chi connectivity index (χ4n) is 2.47. The molecule has 1 heterocycles. The van der Waals surface area contributed by atoms with Gasteiger partial charge in [-0.05, 0) is 28.1 Å². The standard InChI is InChI=1S/C13H14BrF5N2.2ClH/c14-8-1-2-9(15)11(12(8)16)10(7-13(17,18)19)21-5-3-20-4-6-21;;/h1-2,10,20H,3-7H2;2*1H/t10-;;/m0../s1. The molecule has 0 aromatic heterocycles. The lowest BCUT2D eigenvalue weighted by Gasteiger charge is -2.36. The summed E-state index contributed by atoms with van der Waals surface area (Å²) in [6, 6.07) is 0.773. The highest BCUT2D eigenvalue weighted by Crippen LogP contribution is 2.37. The van der Waals surface area contributed by atoms with Crippen LogP contribution in [0, 0.1) is 11.6 Å². The van der Waals surface area contributed by atoms with E-state index < -0.39 is 35.8 Å². The van der Waals surface area contributed by atoms with E-state index in [9.17, 15) is 22.0 Å². The Morgan fingerprint density at radius 3 is 2.22 bits per heavy atom. The number of benzene rings is 1. The van der Waals surface area contributed by atoms with E-state index in [0.29, 0.717) is 26.2 Å². The quantitative estimate of drug-likeness (QED) is 0.545. The van der Waals surface area contributed by atoms with E-state index in [1.165, 1.54) is 4.90 Å². The first-order valence-electron chi connectivity index (χ1n) is 6.44. The molecule has 2 rings (SSSR count). The zero-order valence-electron chi connectivity index (χ0n) is 11.8. The van der Waals surface area contributed by atoms with Crippen molar-refractivity contribution in [3.8, 4) is 0 Å². The Bertz CT molecular complexity index is 510. The number of rotatable bonds is 3. The van der Waals surface area contributed by atoms with Crippen LogP contribution in [0.3, 0.4) is 0 Å². The molecule has 0 saturated carbocycles. The molecule has 1 saturated heterocycles. The molecule has 1 fully saturated rings. The molecule has 10 heteroatoms. The predicted octanol–water partition coefficient (Wildman–Crippen LogP) is 4.47. The number of piperazine rings is 1. The van der Waals surface area contributed by atoms with Gasteiger partial charge in [0.2, 0.25) is 0 Å². The molecule has 0 spiro atoms. The molecule has 1 aromatic carbocycles. The number of nitrogens with one attached hydrogen (secondary N) is 1. The van der Waals surface area contributed by atoms with Gasteiger partial charge in [0.15, 0.2) is 0 Å². The summed E-state index contributed by atoms with van der Waals surface area (Å²) in [5.41, 5.74) is -0.524.